The first kappa shape index (κ1) is 37.3. The monoisotopic (exact) mass is 830 g/mol. The minimum absolute atomic E-state index is 0.0781. The van der Waals surface area contributed by atoms with Crippen molar-refractivity contribution < 1.29 is 0 Å². The predicted molar refractivity (Wildman–Crippen MR) is 278 cm³/mol. The first-order chi connectivity index (χ1) is 31.2. The lowest BCUT2D eigenvalue weighted by atomic mass is 9.81. The topological polar surface area (TPSA) is 0 Å². The zero-order valence-corrected chi connectivity index (χ0v) is 37.6. The van der Waals surface area contributed by atoms with Gasteiger partial charge in [0.1, 0.15) is 8.07 Å². The van der Waals surface area contributed by atoms with Gasteiger partial charge in [0.2, 0.25) is 0 Å². The summed E-state index contributed by atoms with van der Waals surface area (Å²) in [6, 6.07) is 78.5. The van der Waals surface area contributed by atoms with E-state index < -0.39 is 8.07 Å². The number of fused-ring (bicyclic) bond motifs is 10. The van der Waals surface area contributed by atoms with Crippen molar-refractivity contribution in [2.24, 2.45) is 0 Å². The standard InChI is InChI=1S/C63H46Si/c1-63(2)57-22-11-9-19-49(57)50-32-30-45(36-58(50)63)44-31-33-52-54(35-44)62(46-29-24-39-14-5-6-16-43(39)34-46)56-38-60-53(51-20-10-12-23-59(51)64(60,3)4)37-55(56)61(52)42-27-25-41(26-28-42)48-21-13-17-40-15-7-8-18-47(40)48/h5-38H,1-4H3. The molecule has 2 aliphatic rings. The molecule has 13 rings (SSSR count). The molecule has 0 fully saturated rings. The van der Waals surface area contributed by atoms with Crippen LogP contribution < -0.4 is 10.4 Å². The number of hydrogen-bond acceptors (Lipinski definition) is 0. The van der Waals surface area contributed by atoms with E-state index in [2.05, 4.69) is 233 Å². The van der Waals surface area contributed by atoms with Gasteiger partial charge in [-0.15, -0.1) is 0 Å². The smallest absolute Gasteiger partial charge is 0.0623 e. The Morgan fingerprint density at radius 2 is 0.875 bits per heavy atom. The maximum absolute atomic E-state index is 2.62. The third-order valence-corrected chi connectivity index (χ3v) is 18.6. The third-order valence-electron chi connectivity index (χ3n) is 15.0. The van der Waals surface area contributed by atoms with Gasteiger partial charge in [0.25, 0.3) is 0 Å². The molecule has 0 saturated carbocycles. The Labute approximate surface area is 376 Å². The van der Waals surface area contributed by atoms with Gasteiger partial charge in [-0.25, -0.2) is 0 Å². The van der Waals surface area contributed by atoms with E-state index in [1.165, 1.54) is 131 Å². The fourth-order valence-electron chi connectivity index (χ4n) is 11.7. The second-order valence-corrected chi connectivity index (χ2v) is 23.5. The average molecular weight is 831 g/mol. The van der Waals surface area contributed by atoms with Crippen molar-refractivity contribution in [1.82, 2.24) is 0 Å². The maximum Gasteiger partial charge on any atom is 0.113 e. The second-order valence-electron chi connectivity index (χ2n) is 19.2. The van der Waals surface area contributed by atoms with Crippen LogP contribution in [0.1, 0.15) is 25.0 Å². The van der Waals surface area contributed by atoms with E-state index in [1.54, 1.807) is 0 Å². The molecule has 0 nitrogen and oxygen atoms in total. The van der Waals surface area contributed by atoms with Gasteiger partial charge >= 0.3 is 0 Å². The molecule has 1 aliphatic carbocycles. The summed E-state index contributed by atoms with van der Waals surface area (Å²) in [4.78, 5) is 0. The van der Waals surface area contributed by atoms with Gasteiger partial charge < -0.3 is 0 Å². The molecular weight excluding hydrogens is 785 g/mol. The fraction of sp³-hybridized carbons (Fsp3) is 0.0794. The number of rotatable bonds is 4. The molecule has 302 valence electrons. The van der Waals surface area contributed by atoms with Gasteiger partial charge in [0, 0.05) is 5.41 Å². The Kier molecular flexibility index (Phi) is 7.91. The van der Waals surface area contributed by atoms with E-state index in [-0.39, 0.29) is 5.41 Å². The summed E-state index contributed by atoms with van der Waals surface area (Å²) in [5, 5.41) is 13.3. The van der Waals surface area contributed by atoms with Gasteiger partial charge in [0.05, 0.1) is 0 Å². The Balaban J connectivity index is 1.11. The summed E-state index contributed by atoms with van der Waals surface area (Å²) >= 11 is 0. The number of benzene rings is 11. The van der Waals surface area contributed by atoms with Gasteiger partial charge in [-0.05, 0) is 156 Å². The molecule has 0 unspecified atom stereocenters. The van der Waals surface area contributed by atoms with Crippen LogP contribution in [0.15, 0.2) is 206 Å². The normalized spacial score (nSPS) is 14.2. The minimum Gasteiger partial charge on any atom is -0.0623 e. The van der Waals surface area contributed by atoms with Crippen molar-refractivity contribution in [2.75, 3.05) is 0 Å². The second kappa shape index (κ2) is 13.6. The zero-order valence-electron chi connectivity index (χ0n) is 36.6. The highest BCUT2D eigenvalue weighted by Gasteiger charge is 2.38. The number of hydrogen-bond donors (Lipinski definition) is 0. The molecule has 0 amide bonds. The predicted octanol–water partition coefficient (Wildman–Crippen LogP) is 16.1. The van der Waals surface area contributed by atoms with E-state index >= 15 is 0 Å². The first-order valence-corrected chi connectivity index (χ1v) is 25.7. The van der Waals surface area contributed by atoms with Crippen molar-refractivity contribution in [3.8, 4) is 66.8 Å². The van der Waals surface area contributed by atoms with Crippen molar-refractivity contribution in [1.29, 1.82) is 0 Å². The maximum atomic E-state index is 2.62. The van der Waals surface area contributed by atoms with Crippen LogP contribution in [0.2, 0.25) is 13.1 Å². The largest absolute Gasteiger partial charge is 0.113 e. The van der Waals surface area contributed by atoms with Gasteiger partial charge in [-0.2, -0.15) is 0 Å². The molecular formula is C63H46Si. The van der Waals surface area contributed by atoms with Crippen LogP contribution in [0.4, 0.5) is 0 Å². The molecule has 1 aliphatic heterocycles. The summed E-state index contributed by atoms with van der Waals surface area (Å²) in [7, 11) is -2.01. The lowest BCUT2D eigenvalue weighted by Crippen LogP contribution is -2.49. The Bertz CT molecular complexity index is 3770. The van der Waals surface area contributed by atoms with Crippen LogP contribution in [0, 0.1) is 0 Å². The molecule has 0 atom stereocenters. The quantitative estimate of drug-likeness (QED) is 0.122. The van der Waals surface area contributed by atoms with Crippen LogP contribution in [-0.4, -0.2) is 8.07 Å². The van der Waals surface area contributed by atoms with Crippen LogP contribution in [0.3, 0.4) is 0 Å². The van der Waals surface area contributed by atoms with E-state index in [0.717, 1.165) is 0 Å². The fourth-order valence-corrected chi connectivity index (χ4v) is 14.8. The van der Waals surface area contributed by atoms with E-state index in [1.807, 2.05) is 0 Å². The van der Waals surface area contributed by atoms with E-state index in [4.69, 9.17) is 0 Å². The molecule has 0 radical (unpaired) electrons. The van der Waals surface area contributed by atoms with Crippen molar-refractivity contribution in [3.63, 3.8) is 0 Å². The Hall–Kier alpha value is -7.32. The summed E-state index contributed by atoms with van der Waals surface area (Å²) in [5.41, 5.74) is 18.3. The molecule has 0 spiro atoms. The van der Waals surface area contributed by atoms with Crippen LogP contribution in [0.25, 0.3) is 110 Å². The van der Waals surface area contributed by atoms with Gasteiger partial charge in [-0.3, -0.25) is 0 Å². The van der Waals surface area contributed by atoms with E-state index in [0.29, 0.717) is 0 Å². The molecule has 1 heterocycles. The van der Waals surface area contributed by atoms with Gasteiger partial charge in [0.15, 0.2) is 0 Å². The summed E-state index contributed by atoms with van der Waals surface area (Å²) < 4.78 is 0. The molecule has 11 aromatic carbocycles. The molecule has 1 heteroatoms. The average Bonchev–Trinajstić information content (AvgIpc) is 3.70. The van der Waals surface area contributed by atoms with Crippen LogP contribution in [-0.2, 0) is 5.41 Å². The molecule has 0 N–H and O–H groups in total. The zero-order chi connectivity index (χ0) is 42.9. The lowest BCUT2D eigenvalue weighted by molar-refractivity contribution is 0.660. The highest BCUT2D eigenvalue weighted by molar-refractivity contribution is 7.04. The molecule has 0 aromatic heterocycles. The van der Waals surface area contributed by atoms with Crippen molar-refractivity contribution in [2.45, 2.75) is 32.4 Å². The highest BCUT2D eigenvalue weighted by Crippen LogP contribution is 2.51. The van der Waals surface area contributed by atoms with Crippen LogP contribution in [0.5, 0.6) is 0 Å². The SMILES string of the molecule is CC1(C)c2ccccc2-c2ccc(-c3ccc4c(-c5ccc(-c6cccc7ccccc67)cc5)c5cc6c(cc5c(-c5ccc7ccccc7c5)c4c3)[Si](C)(C)c3ccccc3-6)cc21. The van der Waals surface area contributed by atoms with Crippen LogP contribution >= 0.6 is 0 Å². The Morgan fingerprint density at radius 1 is 0.297 bits per heavy atom. The summed E-state index contributed by atoms with van der Waals surface area (Å²) in [6.45, 7) is 9.84. The Morgan fingerprint density at radius 3 is 1.73 bits per heavy atom. The molecule has 64 heavy (non-hydrogen) atoms. The summed E-state index contributed by atoms with van der Waals surface area (Å²) in [5.74, 6) is 0. The summed E-state index contributed by atoms with van der Waals surface area (Å²) in [6.07, 6.45) is 0. The van der Waals surface area contributed by atoms with E-state index in [9.17, 15) is 0 Å². The van der Waals surface area contributed by atoms with Crippen molar-refractivity contribution >= 4 is 61.5 Å². The van der Waals surface area contributed by atoms with Gasteiger partial charge in [-0.1, -0.05) is 209 Å². The van der Waals surface area contributed by atoms with Crippen molar-refractivity contribution in [3.05, 3.63) is 217 Å². The molecule has 0 saturated heterocycles. The highest BCUT2D eigenvalue weighted by atomic mass is 28.3. The lowest BCUT2D eigenvalue weighted by Gasteiger charge is -2.23. The molecule has 11 aromatic rings. The molecule has 0 bridgehead atoms. The third kappa shape index (κ3) is 5.35. The first-order valence-electron chi connectivity index (χ1n) is 22.7. The minimum atomic E-state index is -2.01.